The van der Waals surface area contributed by atoms with Crippen LogP contribution in [0.15, 0.2) is 24.4 Å². The summed E-state index contributed by atoms with van der Waals surface area (Å²) in [5, 5.41) is 5.34. The van der Waals surface area contributed by atoms with Crippen molar-refractivity contribution in [3.63, 3.8) is 0 Å². The van der Waals surface area contributed by atoms with E-state index in [2.05, 4.69) is 10.3 Å². The molecule has 1 aromatic carbocycles. The Balaban J connectivity index is 2.29. The maximum Gasteiger partial charge on any atom is 0.350 e. The van der Waals surface area contributed by atoms with E-state index in [1.807, 2.05) is 38.2 Å². The Labute approximate surface area is 138 Å². The van der Waals surface area contributed by atoms with E-state index in [1.54, 1.807) is 0 Å². The van der Waals surface area contributed by atoms with Crippen LogP contribution >= 0.6 is 11.3 Å². The fourth-order valence-electron chi connectivity index (χ4n) is 2.56. The lowest BCUT2D eigenvalue weighted by Gasteiger charge is -2.11. The van der Waals surface area contributed by atoms with Gasteiger partial charge < -0.3 is 15.8 Å². The van der Waals surface area contributed by atoms with Gasteiger partial charge in [0, 0.05) is 29.6 Å². The van der Waals surface area contributed by atoms with E-state index in [-0.39, 0.29) is 12.0 Å². The highest BCUT2D eigenvalue weighted by Crippen LogP contribution is 2.40. The van der Waals surface area contributed by atoms with Crippen molar-refractivity contribution in [2.75, 3.05) is 19.0 Å². The van der Waals surface area contributed by atoms with Crippen LogP contribution in [0.4, 0.5) is 5.69 Å². The second kappa shape index (κ2) is 6.14. The lowest BCUT2D eigenvalue weighted by Crippen LogP contribution is -2.25. The molecule has 5 nitrogen and oxygen atoms in total. The van der Waals surface area contributed by atoms with Gasteiger partial charge in [-0.1, -0.05) is 12.1 Å². The topological polar surface area (TPSA) is 77.2 Å². The predicted octanol–water partition coefficient (Wildman–Crippen LogP) is 3.30. The summed E-state index contributed by atoms with van der Waals surface area (Å²) < 4.78 is 5.88. The van der Waals surface area contributed by atoms with Gasteiger partial charge in [-0.3, -0.25) is 4.98 Å². The number of hydrogen-bond donors (Lipinski definition) is 2. The SMILES string of the molecule is COC(=O)c1sc2cnc3cc(C)ccc3c2c1NC[C@H](C)N. The van der Waals surface area contributed by atoms with Crippen LogP contribution in [0.5, 0.6) is 0 Å². The standard InChI is InChI=1S/C17H19N3O2S/c1-9-4-5-11-12(6-9)19-8-13-14(11)15(20-7-10(2)18)16(23-13)17(21)22-3/h4-6,8,10,20H,7,18H2,1-3H3/t10-/m0/s1. The molecular formula is C17H19N3O2S. The van der Waals surface area contributed by atoms with Gasteiger partial charge in [0.05, 0.1) is 23.0 Å². The zero-order chi connectivity index (χ0) is 16.6. The molecule has 0 unspecified atom stereocenters. The number of anilines is 1. The second-order valence-electron chi connectivity index (χ2n) is 5.67. The molecule has 0 aliphatic carbocycles. The van der Waals surface area contributed by atoms with Crippen molar-refractivity contribution >= 4 is 44.0 Å². The minimum absolute atomic E-state index is 0.0224. The van der Waals surface area contributed by atoms with Crippen LogP contribution in [0.1, 0.15) is 22.2 Å². The predicted molar refractivity (Wildman–Crippen MR) is 95.3 cm³/mol. The quantitative estimate of drug-likeness (QED) is 0.718. The van der Waals surface area contributed by atoms with Crippen LogP contribution in [0.2, 0.25) is 0 Å². The van der Waals surface area contributed by atoms with Crippen LogP contribution in [-0.4, -0.2) is 30.6 Å². The molecule has 0 bridgehead atoms. The third kappa shape index (κ3) is 2.87. The molecule has 0 spiro atoms. The molecule has 0 amide bonds. The lowest BCUT2D eigenvalue weighted by molar-refractivity contribution is 0.0607. The van der Waals surface area contributed by atoms with Gasteiger partial charge in [-0.2, -0.15) is 0 Å². The number of carbonyl (C=O) groups excluding carboxylic acids is 1. The number of carbonyl (C=O) groups is 1. The van der Waals surface area contributed by atoms with Gasteiger partial charge in [-0.15, -0.1) is 11.3 Å². The summed E-state index contributed by atoms with van der Waals surface area (Å²) in [6.07, 6.45) is 1.81. The van der Waals surface area contributed by atoms with Gasteiger partial charge in [-0.05, 0) is 25.5 Å². The average molecular weight is 329 g/mol. The van der Waals surface area contributed by atoms with Crippen LogP contribution in [0.25, 0.3) is 21.0 Å². The van der Waals surface area contributed by atoms with Crippen molar-refractivity contribution in [1.29, 1.82) is 0 Å². The first-order valence-corrected chi connectivity index (χ1v) is 8.22. The van der Waals surface area contributed by atoms with Crippen molar-refractivity contribution in [3.8, 4) is 0 Å². The van der Waals surface area contributed by atoms with E-state index in [4.69, 9.17) is 10.5 Å². The third-order valence-electron chi connectivity index (χ3n) is 3.65. The third-order valence-corrected chi connectivity index (χ3v) is 4.75. The summed E-state index contributed by atoms with van der Waals surface area (Å²) in [7, 11) is 1.39. The highest BCUT2D eigenvalue weighted by atomic mass is 32.1. The van der Waals surface area contributed by atoms with E-state index in [9.17, 15) is 4.79 Å². The summed E-state index contributed by atoms with van der Waals surface area (Å²) in [6, 6.07) is 6.12. The molecule has 3 aromatic rings. The number of thiophene rings is 1. The molecule has 0 aliphatic rings. The molecule has 23 heavy (non-hydrogen) atoms. The molecule has 0 fully saturated rings. The van der Waals surface area contributed by atoms with Crippen LogP contribution < -0.4 is 11.1 Å². The fourth-order valence-corrected chi connectivity index (χ4v) is 3.65. The Morgan fingerprint density at radius 2 is 2.26 bits per heavy atom. The maximum atomic E-state index is 12.1. The number of methoxy groups -OCH3 is 1. The minimum atomic E-state index is -0.348. The van der Waals surface area contributed by atoms with E-state index in [1.165, 1.54) is 18.4 Å². The smallest absolute Gasteiger partial charge is 0.350 e. The molecule has 3 rings (SSSR count). The summed E-state index contributed by atoms with van der Waals surface area (Å²) in [4.78, 5) is 17.2. The largest absolute Gasteiger partial charge is 0.465 e. The average Bonchev–Trinajstić information content (AvgIpc) is 2.90. The van der Waals surface area contributed by atoms with Crippen molar-refractivity contribution in [1.82, 2.24) is 4.98 Å². The highest BCUT2D eigenvalue weighted by molar-refractivity contribution is 7.21. The molecular weight excluding hydrogens is 310 g/mol. The van der Waals surface area contributed by atoms with Crippen molar-refractivity contribution in [2.24, 2.45) is 5.73 Å². The fraction of sp³-hybridized carbons (Fsp3) is 0.294. The van der Waals surface area contributed by atoms with Crippen molar-refractivity contribution in [2.45, 2.75) is 19.9 Å². The summed E-state index contributed by atoms with van der Waals surface area (Å²) in [5.74, 6) is -0.348. The first kappa shape index (κ1) is 15.7. The number of hydrogen-bond acceptors (Lipinski definition) is 6. The molecule has 120 valence electrons. The summed E-state index contributed by atoms with van der Waals surface area (Å²) in [6.45, 7) is 4.53. The molecule has 3 N–H and O–H groups in total. The first-order chi connectivity index (χ1) is 11.0. The zero-order valence-electron chi connectivity index (χ0n) is 13.3. The molecule has 6 heteroatoms. The van der Waals surface area contributed by atoms with Gasteiger partial charge in [0.1, 0.15) is 4.88 Å². The molecule has 2 heterocycles. The number of nitrogens with zero attached hydrogens (tertiary/aromatic N) is 1. The van der Waals surface area contributed by atoms with Crippen molar-refractivity contribution in [3.05, 3.63) is 34.8 Å². The molecule has 0 saturated heterocycles. The Hall–Kier alpha value is -2.18. The molecule has 0 saturated carbocycles. The summed E-state index contributed by atoms with van der Waals surface area (Å²) >= 11 is 1.39. The van der Waals surface area contributed by atoms with Crippen molar-refractivity contribution < 1.29 is 9.53 Å². The number of aromatic nitrogens is 1. The number of benzene rings is 1. The number of nitrogens with two attached hydrogens (primary N) is 1. The van der Waals surface area contributed by atoms with E-state index < -0.39 is 0 Å². The van der Waals surface area contributed by atoms with Crippen LogP contribution in [-0.2, 0) is 4.74 Å². The normalized spacial score (nSPS) is 12.5. The second-order valence-corrected chi connectivity index (χ2v) is 6.73. The van der Waals surface area contributed by atoms with Gasteiger partial charge in [0.15, 0.2) is 0 Å². The van der Waals surface area contributed by atoms with E-state index in [0.717, 1.165) is 32.2 Å². The Morgan fingerprint density at radius 3 is 2.96 bits per heavy atom. The Bertz CT molecular complexity index is 886. The molecule has 2 aromatic heterocycles. The molecule has 0 aliphatic heterocycles. The Kier molecular flexibility index (Phi) is 4.19. The highest BCUT2D eigenvalue weighted by Gasteiger charge is 2.21. The minimum Gasteiger partial charge on any atom is -0.465 e. The van der Waals surface area contributed by atoms with Crippen LogP contribution in [0, 0.1) is 6.92 Å². The number of pyridine rings is 1. The van der Waals surface area contributed by atoms with E-state index >= 15 is 0 Å². The van der Waals surface area contributed by atoms with Gasteiger partial charge >= 0.3 is 5.97 Å². The number of aryl methyl sites for hydroxylation is 1. The number of esters is 1. The number of fused-ring (bicyclic) bond motifs is 3. The molecule has 0 radical (unpaired) electrons. The number of rotatable bonds is 4. The van der Waals surface area contributed by atoms with Gasteiger partial charge in [0.25, 0.3) is 0 Å². The number of nitrogens with one attached hydrogen (secondary N) is 1. The monoisotopic (exact) mass is 329 g/mol. The van der Waals surface area contributed by atoms with Gasteiger partial charge in [0.2, 0.25) is 0 Å². The van der Waals surface area contributed by atoms with E-state index in [0.29, 0.717) is 11.4 Å². The van der Waals surface area contributed by atoms with Crippen LogP contribution in [0.3, 0.4) is 0 Å². The number of ether oxygens (including phenoxy) is 1. The molecule has 1 atom stereocenters. The van der Waals surface area contributed by atoms with Gasteiger partial charge in [-0.25, -0.2) is 4.79 Å². The first-order valence-electron chi connectivity index (χ1n) is 7.41. The zero-order valence-corrected chi connectivity index (χ0v) is 14.2. The maximum absolute atomic E-state index is 12.1. The lowest BCUT2D eigenvalue weighted by atomic mass is 10.1. The summed E-state index contributed by atoms with van der Waals surface area (Å²) in [5.41, 5.74) is 8.70. The Morgan fingerprint density at radius 1 is 1.48 bits per heavy atom.